The summed E-state index contributed by atoms with van der Waals surface area (Å²) < 4.78 is 0. The minimum atomic E-state index is 0.394. The molecule has 0 bridgehead atoms. The van der Waals surface area contributed by atoms with Crippen molar-refractivity contribution in [1.29, 1.82) is 0 Å². The van der Waals surface area contributed by atoms with E-state index in [0.29, 0.717) is 5.41 Å². The Kier molecular flexibility index (Phi) is 2.24. The van der Waals surface area contributed by atoms with Crippen molar-refractivity contribution in [3.63, 3.8) is 0 Å². The molecule has 0 aromatic carbocycles. The minimum absolute atomic E-state index is 0.394. The normalized spacial score (nSPS) is 36.4. The Bertz CT molecular complexity index is 375. The fourth-order valence-electron chi connectivity index (χ4n) is 3.46. The van der Waals surface area contributed by atoms with Gasteiger partial charge in [-0.05, 0) is 48.8 Å². The Morgan fingerprint density at radius 2 is 2.19 bits per heavy atom. The predicted octanol–water partition coefficient (Wildman–Crippen LogP) is 0.388. The van der Waals surface area contributed by atoms with E-state index >= 15 is 0 Å². The Hall–Kier alpha value is -0.970. The maximum absolute atomic E-state index is 4.31. The molecule has 2 aliphatic rings. The molecule has 88 valence electrons. The zero-order chi connectivity index (χ0) is 11.2. The number of aryl methyl sites for hydroxylation is 1. The molecule has 5 heteroatoms. The molecule has 1 heterocycles. The van der Waals surface area contributed by atoms with Crippen molar-refractivity contribution >= 4 is 0 Å². The van der Waals surface area contributed by atoms with Gasteiger partial charge in [0.2, 0.25) is 0 Å². The summed E-state index contributed by atoms with van der Waals surface area (Å²) in [6.45, 7) is 1.08. The molecule has 2 atom stereocenters. The molecule has 2 fully saturated rings. The van der Waals surface area contributed by atoms with Crippen LogP contribution in [0.4, 0.5) is 0 Å². The molecule has 0 radical (unpaired) electrons. The van der Waals surface area contributed by atoms with Crippen LogP contribution in [0.25, 0.3) is 0 Å². The van der Waals surface area contributed by atoms with Crippen molar-refractivity contribution in [3.8, 4) is 0 Å². The number of fused-ring (bicyclic) bond motifs is 1. The molecule has 2 saturated carbocycles. The van der Waals surface area contributed by atoms with Crippen molar-refractivity contribution < 1.29 is 0 Å². The lowest BCUT2D eigenvalue weighted by Crippen LogP contribution is -2.33. The first-order valence-electron chi connectivity index (χ1n) is 6.08. The van der Waals surface area contributed by atoms with E-state index in [1.807, 2.05) is 14.1 Å². The standard InChI is InChI=1S/C11H19N5/c1-12-7-11(4-8-3-9(8)5-11)6-10-13-15-16(2)14-10/h8-9,12H,3-7H2,1-2H3. The van der Waals surface area contributed by atoms with Crippen LogP contribution in [0.15, 0.2) is 0 Å². The van der Waals surface area contributed by atoms with Gasteiger partial charge in [-0.1, -0.05) is 0 Å². The monoisotopic (exact) mass is 221 g/mol. The molecule has 3 rings (SSSR count). The van der Waals surface area contributed by atoms with E-state index in [2.05, 4.69) is 20.7 Å². The summed E-state index contributed by atoms with van der Waals surface area (Å²) in [6.07, 6.45) is 5.13. The van der Waals surface area contributed by atoms with E-state index in [1.165, 1.54) is 19.3 Å². The average Bonchev–Trinajstić information content (AvgIpc) is 2.67. The molecule has 2 unspecified atom stereocenters. The number of aromatic nitrogens is 4. The van der Waals surface area contributed by atoms with E-state index < -0.39 is 0 Å². The van der Waals surface area contributed by atoms with Gasteiger partial charge in [0.25, 0.3) is 0 Å². The fraction of sp³-hybridized carbons (Fsp3) is 0.909. The lowest BCUT2D eigenvalue weighted by molar-refractivity contribution is 0.250. The van der Waals surface area contributed by atoms with Gasteiger partial charge in [-0.25, -0.2) is 0 Å². The van der Waals surface area contributed by atoms with Crippen LogP contribution in [-0.4, -0.2) is 33.8 Å². The molecule has 0 aliphatic heterocycles. The van der Waals surface area contributed by atoms with Crippen molar-refractivity contribution in [2.75, 3.05) is 13.6 Å². The van der Waals surface area contributed by atoms with Gasteiger partial charge < -0.3 is 5.32 Å². The minimum Gasteiger partial charge on any atom is -0.319 e. The summed E-state index contributed by atoms with van der Waals surface area (Å²) in [7, 11) is 3.86. The van der Waals surface area contributed by atoms with Crippen LogP contribution in [0, 0.1) is 17.3 Å². The van der Waals surface area contributed by atoms with Crippen LogP contribution >= 0.6 is 0 Å². The number of nitrogens with zero attached hydrogens (tertiary/aromatic N) is 4. The molecule has 2 aliphatic carbocycles. The number of rotatable bonds is 4. The summed E-state index contributed by atoms with van der Waals surface area (Å²) in [6, 6.07) is 0. The molecule has 16 heavy (non-hydrogen) atoms. The zero-order valence-corrected chi connectivity index (χ0v) is 9.98. The van der Waals surface area contributed by atoms with Gasteiger partial charge in [0.05, 0.1) is 7.05 Å². The van der Waals surface area contributed by atoms with Gasteiger partial charge in [-0.15, -0.1) is 10.2 Å². The molecule has 5 nitrogen and oxygen atoms in total. The van der Waals surface area contributed by atoms with Gasteiger partial charge >= 0.3 is 0 Å². The number of hydrogen-bond donors (Lipinski definition) is 1. The van der Waals surface area contributed by atoms with E-state index in [1.54, 1.807) is 4.80 Å². The van der Waals surface area contributed by atoms with Crippen molar-refractivity contribution in [1.82, 2.24) is 25.5 Å². The number of hydrogen-bond acceptors (Lipinski definition) is 4. The molecule has 1 aromatic heterocycles. The van der Waals surface area contributed by atoms with Gasteiger partial charge in [0.15, 0.2) is 5.82 Å². The fourth-order valence-corrected chi connectivity index (χ4v) is 3.46. The third kappa shape index (κ3) is 1.73. The quantitative estimate of drug-likeness (QED) is 0.799. The highest BCUT2D eigenvalue weighted by atomic mass is 15.6. The summed E-state index contributed by atoms with van der Waals surface area (Å²) in [5.41, 5.74) is 0.394. The van der Waals surface area contributed by atoms with Crippen LogP contribution in [0.1, 0.15) is 25.1 Å². The highest BCUT2D eigenvalue weighted by molar-refractivity contribution is 5.06. The van der Waals surface area contributed by atoms with Crippen molar-refractivity contribution in [3.05, 3.63) is 5.82 Å². The summed E-state index contributed by atoms with van der Waals surface area (Å²) in [5.74, 6) is 2.88. The Morgan fingerprint density at radius 3 is 2.75 bits per heavy atom. The van der Waals surface area contributed by atoms with Crippen LogP contribution < -0.4 is 5.32 Å². The maximum Gasteiger partial charge on any atom is 0.175 e. The van der Waals surface area contributed by atoms with Gasteiger partial charge in [0, 0.05) is 13.0 Å². The van der Waals surface area contributed by atoms with Crippen LogP contribution in [-0.2, 0) is 13.5 Å². The van der Waals surface area contributed by atoms with Crippen LogP contribution in [0.3, 0.4) is 0 Å². The maximum atomic E-state index is 4.31. The summed E-state index contributed by atoms with van der Waals surface area (Å²) in [4.78, 5) is 1.55. The van der Waals surface area contributed by atoms with E-state index in [4.69, 9.17) is 0 Å². The molecule has 1 N–H and O–H groups in total. The summed E-state index contributed by atoms with van der Waals surface area (Å²) >= 11 is 0. The molecular weight excluding hydrogens is 202 g/mol. The zero-order valence-electron chi connectivity index (χ0n) is 9.98. The lowest BCUT2D eigenvalue weighted by Gasteiger charge is -2.29. The topological polar surface area (TPSA) is 55.6 Å². The molecular formula is C11H19N5. The molecule has 1 aromatic rings. The third-order valence-electron chi connectivity index (χ3n) is 4.09. The van der Waals surface area contributed by atoms with Crippen molar-refractivity contribution in [2.24, 2.45) is 24.3 Å². The van der Waals surface area contributed by atoms with Crippen LogP contribution in [0.5, 0.6) is 0 Å². The smallest absolute Gasteiger partial charge is 0.175 e. The second kappa shape index (κ2) is 3.52. The van der Waals surface area contributed by atoms with E-state index in [9.17, 15) is 0 Å². The third-order valence-corrected chi connectivity index (χ3v) is 4.09. The number of nitrogens with one attached hydrogen (secondary N) is 1. The Morgan fingerprint density at radius 1 is 1.44 bits per heavy atom. The van der Waals surface area contributed by atoms with Gasteiger partial charge in [-0.2, -0.15) is 4.80 Å². The first kappa shape index (κ1) is 10.2. The average molecular weight is 221 g/mol. The van der Waals surface area contributed by atoms with E-state index in [0.717, 1.165) is 30.6 Å². The SMILES string of the molecule is CNCC1(Cc2nnn(C)n2)CC2CC2C1. The second-order valence-electron chi connectivity index (χ2n) is 5.57. The predicted molar refractivity (Wildman–Crippen MR) is 59.7 cm³/mol. The lowest BCUT2D eigenvalue weighted by atomic mass is 9.79. The Balaban J connectivity index is 1.74. The first-order valence-corrected chi connectivity index (χ1v) is 6.08. The molecule has 0 spiro atoms. The van der Waals surface area contributed by atoms with Crippen molar-refractivity contribution in [2.45, 2.75) is 25.7 Å². The Labute approximate surface area is 95.6 Å². The molecule has 0 amide bonds. The molecule has 0 saturated heterocycles. The number of tetrazole rings is 1. The largest absolute Gasteiger partial charge is 0.319 e. The second-order valence-corrected chi connectivity index (χ2v) is 5.57. The highest BCUT2D eigenvalue weighted by Gasteiger charge is 2.53. The van der Waals surface area contributed by atoms with Gasteiger partial charge in [0.1, 0.15) is 0 Å². The highest BCUT2D eigenvalue weighted by Crippen LogP contribution is 2.60. The first-order chi connectivity index (χ1) is 7.71. The van der Waals surface area contributed by atoms with Gasteiger partial charge in [-0.3, -0.25) is 0 Å². The summed E-state index contributed by atoms with van der Waals surface area (Å²) in [5, 5.41) is 15.7. The van der Waals surface area contributed by atoms with Crippen LogP contribution in [0.2, 0.25) is 0 Å². The van der Waals surface area contributed by atoms with E-state index in [-0.39, 0.29) is 0 Å².